The lowest BCUT2D eigenvalue weighted by Gasteiger charge is -2.10. The van der Waals surface area contributed by atoms with Crippen molar-refractivity contribution < 1.29 is 9.53 Å². The molecule has 2 aromatic carbocycles. The summed E-state index contributed by atoms with van der Waals surface area (Å²) in [5.41, 5.74) is 2.39. The molecule has 0 heterocycles. The predicted molar refractivity (Wildman–Crippen MR) is 86.3 cm³/mol. The highest BCUT2D eigenvalue weighted by Crippen LogP contribution is 2.26. The molecule has 0 saturated heterocycles. The Hall–Kier alpha value is -1.91. The molecule has 0 bridgehead atoms. The van der Waals surface area contributed by atoms with Crippen molar-refractivity contribution in [2.45, 2.75) is 6.54 Å². The molecule has 0 unspecified atom stereocenters. The van der Waals surface area contributed by atoms with Crippen molar-refractivity contribution >= 4 is 40.7 Å². The molecule has 110 valence electrons. The summed E-state index contributed by atoms with van der Waals surface area (Å²) >= 11 is 12.1. The highest BCUT2D eigenvalue weighted by Gasteiger charge is 2.05. The summed E-state index contributed by atoms with van der Waals surface area (Å²) in [4.78, 5) is 11.2. The summed E-state index contributed by atoms with van der Waals surface area (Å²) in [6.45, 7) is 0.529. The van der Waals surface area contributed by atoms with Gasteiger partial charge in [-0.1, -0.05) is 41.4 Å². The number of benzene rings is 2. The molecule has 0 aromatic heterocycles. The SMILES string of the molecule is COC(=O)Nc1cccc(NCc2cccc(Cl)c2Cl)c1. The van der Waals surface area contributed by atoms with Crippen molar-refractivity contribution in [3.63, 3.8) is 0 Å². The number of anilines is 2. The Bertz CT molecular complexity index is 647. The third-order valence-corrected chi connectivity index (χ3v) is 3.67. The first-order valence-corrected chi connectivity index (χ1v) is 6.97. The van der Waals surface area contributed by atoms with Gasteiger partial charge in [0.1, 0.15) is 0 Å². The molecule has 4 nitrogen and oxygen atoms in total. The highest BCUT2D eigenvalue weighted by molar-refractivity contribution is 6.42. The number of hydrogen-bond acceptors (Lipinski definition) is 3. The van der Waals surface area contributed by atoms with Crippen molar-refractivity contribution in [2.24, 2.45) is 0 Å². The number of ether oxygens (including phenoxy) is 1. The monoisotopic (exact) mass is 324 g/mol. The number of carbonyl (C=O) groups excluding carboxylic acids is 1. The van der Waals surface area contributed by atoms with E-state index in [0.717, 1.165) is 11.3 Å². The fourth-order valence-corrected chi connectivity index (χ4v) is 2.14. The van der Waals surface area contributed by atoms with Gasteiger partial charge in [-0.3, -0.25) is 5.32 Å². The summed E-state index contributed by atoms with van der Waals surface area (Å²) in [6.07, 6.45) is -0.509. The van der Waals surface area contributed by atoms with Crippen molar-refractivity contribution in [3.8, 4) is 0 Å². The van der Waals surface area contributed by atoms with Gasteiger partial charge < -0.3 is 10.1 Å². The van der Waals surface area contributed by atoms with E-state index >= 15 is 0 Å². The molecule has 0 fully saturated rings. The van der Waals surface area contributed by atoms with Crippen LogP contribution in [0.5, 0.6) is 0 Å². The van der Waals surface area contributed by atoms with Crippen LogP contribution in [0.25, 0.3) is 0 Å². The number of carbonyl (C=O) groups is 1. The van der Waals surface area contributed by atoms with Crippen LogP contribution in [-0.4, -0.2) is 13.2 Å². The number of methoxy groups -OCH3 is 1. The highest BCUT2D eigenvalue weighted by atomic mass is 35.5. The van der Waals surface area contributed by atoms with E-state index in [1.54, 1.807) is 18.2 Å². The Kier molecular flexibility index (Phi) is 5.31. The predicted octanol–water partition coefficient (Wildman–Crippen LogP) is 4.78. The molecule has 0 saturated carbocycles. The molecule has 0 aliphatic carbocycles. The molecule has 0 aliphatic heterocycles. The molecule has 0 aliphatic rings. The van der Waals surface area contributed by atoms with E-state index in [9.17, 15) is 4.79 Å². The minimum atomic E-state index is -0.509. The van der Waals surface area contributed by atoms with Gasteiger partial charge >= 0.3 is 6.09 Å². The zero-order chi connectivity index (χ0) is 15.2. The molecular formula is C15H14Cl2N2O2. The van der Waals surface area contributed by atoms with E-state index in [0.29, 0.717) is 22.3 Å². The molecule has 0 atom stereocenters. The molecule has 2 N–H and O–H groups in total. The third kappa shape index (κ3) is 4.28. The largest absolute Gasteiger partial charge is 0.453 e. The third-order valence-electron chi connectivity index (χ3n) is 2.81. The zero-order valence-corrected chi connectivity index (χ0v) is 12.8. The van der Waals surface area contributed by atoms with Crippen LogP contribution in [-0.2, 0) is 11.3 Å². The normalized spacial score (nSPS) is 10.0. The van der Waals surface area contributed by atoms with Crippen LogP contribution in [0.2, 0.25) is 10.0 Å². The van der Waals surface area contributed by atoms with Gasteiger partial charge in [0.15, 0.2) is 0 Å². The molecule has 0 radical (unpaired) electrons. The van der Waals surface area contributed by atoms with Crippen molar-refractivity contribution in [1.82, 2.24) is 0 Å². The number of halogens is 2. The van der Waals surface area contributed by atoms with Crippen LogP contribution < -0.4 is 10.6 Å². The summed E-state index contributed by atoms with van der Waals surface area (Å²) in [6, 6.07) is 12.8. The molecule has 2 aromatic rings. The van der Waals surface area contributed by atoms with E-state index in [4.69, 9.17) is 23.2 Å². The first kappa shape index (κ1) is 15.5. The smallest absolute Gasteiger partial charge is 0.411 e. The van der Waals surface area contributed by atoms with E-state index in [-0.39, 0.29) is 0 Å². The lowest BCUT2D eigenvalue weighted by Crippen LogP contribution is -2.11. The lowest BCUT2D eigenvalue weighted by molar-refractivity contribution is 0.187. The Morgan fingerprint density at radius 1 is 1.14 bits per heavy atom. The minimum Gasteiger partial charge on any atom is -0.453 e. The second kappa shape index (κ2) is 7.20. The average molecular weight is 325 g/mol. The molecule has 0 spiro atoms. The molecule has 21 heavy (non-hydrogen) atoms. The summed E-state index contributed by atoms with van der Waals surface area (Å²) in [5.74, 6) is 0. The quantitative estimate of drug-likeness (QED) is 0.850. The Labute approximate surface area is 133 Å². The first-order chi connectivity index (χ1) is 10.1. The van der Waals surface area contributed by atoms with Crippen LogP contribution >= 0.6 is 23.2 Å². The maximum absolute atomic E-state index is 11.2. The van der Waals surface area contributed by atoms with E-state index < -0.39 is 6.09 Å². The maximum atomic E-state index is 11.2. The first-order valence-electron chi connectivity index (χ1n) is 6.22. The van der Waals surface area contributed by atoms with Crippen LogP contribution in [0.3, 0.4) is 0 Å². The summed E-state index contributed by atoms with van der Waals surface area (Å²) in [7, 11) is 1.32. The van der Waals surface area contributed by atoms with Gasteiger partial charge in [-0.05, 0) is 29.8 Å². The summed E-state index contributed by atoms with van der Waals surface area (Å²) < 4.78 is 4.55. The molecule has 6 heteroatoms. The summed E-state index contributed by atoms with van der Waals surface area (Å²) in [5, 5.41) is 6.89. The molecule has 1 amide bonds. The van der Waals surface area contributed by atoms with Gasteiger partial charge in [-0.25, -0.2) is 4.79 Å². The van der Waals surface area contributed by atoms with Gasteiger partial charge in [0.05, 0.1) is 17.2 Å². The number of hydrogen-bond donors (Lipinski definition) is 2. The molecule has 2 rings (SSSR count). The van der Waals surface area contributed by atoms with Crippen LogP contribution in [0.15, 0.2) is 42.5 Å². The van der Waals surface area contributed by atoms with Gasteiger partial charge in [0.2, 0.25) is 0 Å². The second-order valence-corrected chi connectivity index (χ2v) is 5.05. The fourth-order valence-electron chi connectivity index (χ4n) is 1.76. The Balaban J connectivity index is 2.05. The average Bonchev–Trinajstić information content (AvgIpc) is 2.49. The number of nitrogens with one attached hydrogen (secondary N) is 2. The van der Waals surface area contributed by atoms with E-state index in [2.05, 4.69) is 15.4 Å². The van der Waals surface area contributed by atoms with Gasteiger partial charge in [-0.2, -0.15) is 0 Å². The standard InChI is InChI=1S/C15H14Cl2N2O2/c1-21-15(20)19-12-6-3-5-11(8-12)18-9-10-4-2-7-13(16)14(10)17/h2-8,18H,9H2,1H3,(H,19,20). The van der Waals surface area contributed by atoms with Crippen LogP contribution in [0.1, 0.15) is 5.56 Å². The fraction of sp³-hybridized carbons (Fsp3) is 0.133. The van der Waals surface area contributed by atoms with E-state index in [1.165, 1.54) is 7.11 Å². The second-order valence-electron chi connectivity index (χ2n) is 4.26. The Morgan fingerprint density at radius 2 is 1.86 bits per heavy atom. The van der Waals surface area contributed by atoms with Crippen molar-refractivity contribution in [1.29, 1.82) is 0 Å². The Morgan fingerprint density at radius 3 is 2.62 bits per heavy atom. The van der Waals surface area contributed by atoms with Crippen molar-refractivity contribution in [3.05, 3.63) is 58.1 Å². The van der Waals surface area contributed by atoms with Gasteiger partial charge in [0.25, 0.3) is 0 Å². The maximum Gasteiger partial charge on any atom is 0.411 e. The molecular weight excluding hydrogens is 311 g/mol. The van der Waals surface area contributed by atoms with Gasteiger partial charge in [-0.15, -0.1) is 0 Å². The van der Waals surface area contributed by atoms with Gasteiger partial charge in [0, 0.05) is 17.9 Å². The van der Waals surface area contributed by atoms with Crippen LogP contribution in [0.4, 0.5) is 16.2 Å². The number of amides is 1. The van der Waals surface area contributed by atoms with Crippen LogP contribution in [0, 0.1) is 0 Å². The minimum absolute atomic E-state index is 0.509. The van der Waals surface area contributed by atoms with Crippen molar-refractivity contribution in [2.75, 3.05) is 17.7 Å². The topological polar surface area (TPSA) is 50.4 Å². The zero-order valence-electron chi connectivity index (χ0n) is 11.3. The number of rotatable bonds is 4. The van der Waals surface area contributed by atoms with E-state index in [1.807, 2.05) is 24.3 Å². The lowest BCUT2D eigenvalue weighted by atomic mass is 10.2.